The highest BCUT2D eigenvalue weighted by atomic mass is 35.5. The van der Waals surface area contributed by atoms with E-state index in [1.807, 2.05) is 19.1 Å². The van der Waals surface area contributed by atoms with E-state index in [1.54, 1.807) is 0 Å². The lowest BCUT2D eigenvalue weighted by atomic mass is 9.65. The minimum absolute atomic E-state index is 0.227. The number of rotatable bonds is 4. The van der Waals surface area contributed by atoms with Crippen LogP contribution in [0.4, 0.5) is 4.39 Å². The van der Waals surface area contributed by atoms with E-state index < -0.39 is 0 Å². The molecule has 1 atom stereocenters. The fraction of sp³-hybridized carbons (Fsp3) is 0.704. The number of allylic oxidation sites excluding steroid dienone is 2. The Bertz CT molecular complexity index is 720. The third-order valence-corrected chi connectivity index (χ3v) is 9.16. The maximum Gasteiger partial charge on any atom is 0.149 e. The van der Waals surface area contributed by atoms with E-state index in [0.717, 1.165) is 53.6 Å². The maximum absolute atomic E-state index is 14.6. The largest absolute Gasteiger partial charge is 0.205 e. The molecular weight excluding hydrogens is 379 g/mol. The normalized spacial score (nSPS) is 33.4. The number of halogens is 2. The van der Waals surface area contributed by atoms with Gasteiger partial charge in [-0.25, -0.2) is 4.39 Å². The van der Waals surface area contributed by atoms with Crippen LogP contribution in [0.25, 0.3) is 5.57 Å². The van der Waals surface area contributed by atoms with Gasteiger partial charge in [-0.3, -0.25) is 0 Å². The van der Waals surface area contributed by atoms with Gasteiger partial charge in [0, 0.05) is 5.56 Å². The molecule has 0 saturated heterocycles. The number of aryl methyl sites for hydroxylation is 1. The average Bonchev–Trinajstić information content (AvgIpc) is 2.78. The van der Waals surface area contributed by atoms with E-state index in [9.17, 15) is 4.39 Å². The molecule has 0 N–H and O–H groups in total. The van der Waals surface area contributed by atoms with Crippen LogP contribution in [0.5, 0.6) is 0 Å². The topological polar surface area (TPSA) is 0 Å². The molecule has 3 aliphatic carbocycles. The van der Waals surface area contributed by atoms with Gasteiger partial charge in [-0.05, 0) is 105 Å². The number of benzene rings is 1. The van der Waals surface area contributed by atoms with Crippen molar-refractivity contribution < 1.29 is 4.39 Å². The molecule has 160 valence electrons. The van der Waals surface area contributed by atoms with Gasteiger partial charge in [0.2, 0.25) is 0 Å². The van der Waals surface area contributed by atoms with Crippen LogP contribution in [0.2, 0.25) is 5.02 Å². The summed E-state index contributed by atoms with van der Waals surface area (Å²) in [4.78, 5) is 0. The molecule has 0 aliphatic heterocycles. The Hall–Kier alpha value is -0.820. The average molecular weight is 417 g/mol. The minimum atomic E-state index is -0.227. The zero-order chi connectivity index (χ0) is 20.4. The monoisotopic (exact) mass is 416 g/mol. The molecule has 0 spiro atoms. The van der Waals surface area contributed by atoms with Gasteiger partial charge in [-0.2, -0.15) is 0 Å². The van der Waals surface area contributed by atoms with Crippen LogP contribution < -0.4 is 0 Å². The first-order valence-electron chi connectivity index (χ1n) is 12.2. The molecule has 0 heterocycles. The standard InChI is InChI=1S/C27H38ClF/c1-3-19-5-7-20(8-6-19)21-9-11-22(12-10-21)23-13-15-24(16-14-23)25-17-4-18(2)26(28)27(25)29/h4,15,17,19-23H,3,5-14,16H2,1-2H3. The van der Waals surface area contributed by atoms with Crippen LogP contribution in [0.1, 0.15) is 95.1 Å². The van der Waals surface area contributed by atoms with Gasteiger partial charge in [-0.15, -0.1) is 0 Å². The van der Waals surface area contributed by atoms with E-state index in [-0.39, 0.29) is 10.8 Å². The quantitative estimate of drug-likeness (QED) is 0.459. The molecule has 1 unspecified atom stereocenters. The smallest absolute Gasteiger partial charge is 0.149 e. The SMILES string of the molecule is CCC1CCC(C2CCC(C3CC=C(c4ccc(C)c(Cl)c4F)CC3)CC2)CC1. The summed E-state index contributed by atoms with van der Waals surface area (Å²) < 4.78 is 14.6. The van der Waals surface area contributed by atoms with E-state index in [2.05, 4.69) is 13.0 Å². The zero-order valence-corrected chi connectivity index (χ0v) is 19.1. The molecule has 1 aromatic carbocycles. The van der Waals surface area contributed by atoms with Crippen LogP contribution in [0.15, 0.2) is 18.2 Å². The zero-order valence-electron chi connectivity index (χ0n) is 18.4. The minimum Gasteiger partial charge on any atom is -0.205 e. The Morgan fingerprint density at radius 3 is 2.00 bits per heavy atom. The molecule has 0 amide bonds. The highest BCUT2D eigenvalue weighted by molar-refractivity contribution is 6.31. The van der Waals surface area contributed by atoms with Gasteiger partial charge >= 0.3 is 0 Å². The summed E-state index contributed by atoms with van der Waals surface area (Å²) in [7, 11) is 0. The molecule has 3 aliphatic rings. The summed E-state index contributed by atoms with van der Waals surface area (Å²) in [5.41, 5.74) is 2.72. The summed E-state index contributed by atoms with van der Waals surface area (Å²) in [6.07, 6.45) is 18.8. The Labute approximate surface area is 182 Å². The summed E-state index contributed by atoms with van der Waals surface area (Å²) in [5, 5.41) is 0.289. The van der Waals surface area contributed by atoms with Crippen molar-refractivity contribution in [3.8, 4) is 0 Å². The molecule has 2 saturated carbocycles. The first-order chi connectivity index (χ1) is 14.1. The first kappa shape index (κ1) is 21.4. The first-order valence-corrected chi connectivity index (χ1v) is 12.6. The molecule has 0 radical (unpaired) electrons. The van der Waals surface area contributed by atoms with Crippen molar-refractivity contribution in [2.24, 2.45) is 29.6 Å². The van der Waals surface area contributed by atoms with Crippen molar-refractivity contribution in [2.75, 3.05) is 0 Å². The van der Waals surface area contributed by atoms with Crippen LogP contribution in [-0.2, 0) is 0 Å². The molecular formula is C27H38ClF. The lowest BCUT2D eigenvalue weighted by Crippen LogP contribution is -2.28. The van der Waals surface area contributed by atoms with E-state index in [4.69, 9.17) is 11.6 Å². The third kappa shape index (κ3) is 4.76. The summed E-state index contributed by atoms with van der Waals surface area (Å²) >= 11 is 6.14. The van der Waals surface area contributed by atoms with Crippen LogP contribution in [-0.4, -0.2) is 0 Å². The van der Waals surface area contributed by atoms with Gasteiger partial charge in [0.05, 0.1) is 5.02 Å². The lowest BCUT2D eigenvalue weighted by Gasteiger charge is -2.40. The second kappa shape index (κ2) is 9.54. The van der Waals surface area contributed by atoms with Gasteiger partial charge < -0.3 is 0 Å². The van der Waals surface area contributed by atoms with Crippen molar-refractivity contribution in [3.63, 3.8) is 0 Å². The summed E-state index contributed by atoms with van der Waals surface area (Å²) in [6, 6.07) is 3.87. The Morgan fingerprint density at radius 2 is 1.45 bits per heavy atom. The van der Waals surface area contributed by atoms with Gasteiger partial charge in [0.15, 0.2) is 0 Å². The van der Waals surface area contributed by atoms with Gasteiger partial charge in [-0.1, -0.05) is 56.0 Å². The molecule has 0 bridgehead atoms. The van der Waals surface area contributed by atoms with Gasteiger partial charge in [0.1, 0.15) is 5.82 Å². The van der Waals surface area contributed by atoms with Crippen molar-refractivity contribution >= 4 is 17.2 Å². The summed E-state index contributed by atoms with van der Waals surface area (Å²) in [6.45, 7) is 4.23. The second-order valence-electron chi connectivity index (χ2n) is 10.2. The fourth-order valence-corrected chi connectivity index (χ4v) is 6.74. The number of hydrogen-bond acceptors (Lipinski definition) is 0. The Kier molecular flexibility index (Phi) is 7.05. The maximum atomic E-state index is 14.6. The van der Waals surface area contributed by atoms with Crippen LogP contribution in [0, 0.1) is 42.3 Å². The van der Waals surface area contributed by atoms with E-state index >= 15 is 0 Å². The molecule has 0 aromatic heterocycles. The molecule has 1 aromatic rings. The predicted molar refractivity (Wildman–Crippen MR) is 123 cm³/mol. The predicted octanol–water partition coefficient (Wildman–Crippen LogP) is 8.99. The van der Waals surface area contributed by atoms with Crippen LogP contribution in [0.3, 0.4) is 0 Å². The molecule has 2 fully saturated rings. The van der Waals surface area contributed by atoms with Crippen LogP contribution >= 0.6 is 11.6 Å². The molecule has 29 heavy (non-hydrogen) atoms. The van der Waals surface area contributed by atoms with E-state index in [1.165, 1.54) is 69.8 Å². The summed E-state index contributed by atoms with van der Waals surface area (Å²) in [5.74, 6) is 4.50. The van der Waals surface area contributed by atoms with Crippen molar-refractivity contribution in [3.05, 3.63) is 40.2 Å². The number of hydrogen-bond donors (Lipinski definition) is 0. The lowest BCUT2D eigenvalue weighted by molar-refractivity contribution is 0.122. The highest BCUT2D eigenvalue weighted by Gasteiger charge is 2.33. The highest BCUT2D eigenvalue weighted by Crippen LogP contribution is 2.46. The molecule has 2 heteroatoms. The van der Waals surface area contributed by atoms with Crippen molar-refractivity contribution in [1.82, 2.24) is 0 Å². The third-order valence-electron chi connectivity index (χ3n) is 8.69. The second-order valence-corrected chi connectivity index (χ2v) is 10.6. The van der Waals surface area contributed by atoms with Crippen molar-refractivity contribution in [2.45, 2.75) is 90.9 Å². The fourth-order valence-electron chi connectivity index (χ4n) is 6.58. The molecule has 0 nitrogen and oxygen atoms in total. The van der Waals surface area contributed by atoms with Gasteiger partial charge in [0.25, 0.3) is 0 Å². The van der Waals surface area contributed by atoms with Crippen molar-refractivity contribution in [1.29, 1.82) is 0 Å². The van der Waals surface area contributed by atoms with E-state index in [0.29, 0.717) is 0 Å². The molecule has 4 rings (SSSR count). The Balaban J connectivity index is 1.29. The Morgan fingerprint density at radius 1 is 0.862 bits per heavy atom.